The molecule has 6 nitrogen and oxygen atoms in total. The fourth-order valence-electron chi connectivity index (χ4n) is 22.8. The van der Waals surface area contributed by atoms with Gasteiger partial charge in [-0.1, -0.05) is 382 Å². The van der Waals surface area contributed by atoms with Crippen molar-refractivity contribution in [2.75, 3.05) is 0 Å². The molecule has 0 radical (unpaired) electrons. The van der Waals surface area contributed by atoms with Gasteiger partial charge in [0.1, 0.15) is 22.3 Å². The number of fused-ring (bicyclic) bond motifs is 21. The van der Waals surface area contributed by atoms with Gasteiger partial charge in [-0.15, -0.1) is 0 Å². The molecule has 24 aromatic carbocycles. The molecule has 0 unspecified atom stereocenters. The van der Waals surface area contributed by atoms with Crippen molar-refractivity contribution in [3.05, 3.63) is 546 Å². The summed E-state index contributed by atoms with van der Waals surface area (Å²) in [5.74, 6) is 0. The van der Waals surface area contributed by atoms with E-state index < -0.39 is 0 Å². The summed E-state index contributed by atoms with van der Waals surface area (Å²) in [7, 11) is 0. The number of hydrogen-bond donors (Lipinski definition) is 0. The van der Waals surface area contributed by atoms with E-state index in [4.69, 9.17) is 8.83 Å². The van der Waals surface area contributed by atoms with Gasteiger partial charge in [-0.25, -0.2) is 0 Å². The standard InChI is InChI=1S/C58H38N2.C48H31NO.C34H21NO/c1-3-15-39(16-4-1)45-34-46(41-19-13-20-44(33-41)50-26-14-18-40-17-7-8-23-49(40)50)36-48(35-45)60-56-28-12-10-25-52(56)54-38-43(30-32-58(54)60)42-29-31-57-53(37-42)51-24-9-11-27-55(51)59(57)47-21-5-2-6-22-47;1-5-15-32(16-6-1)36-25-37(33-17-7-2-8-18-33)27-39(26-36)49-45-24-14-13-23-40(45)42-30-43-44-29-38(34-19-9-3-10-20-34)28-41(35-21-11-4-12-22-35)48(44)50-47(43)31-46(42)49;1-2-9-23-20-25(17-16-22(23)8-1)24-10-7-11-26(21-24)35-30-14-5-3-13-29(30)33-31(35)19-18-28-27-12-4-6-15-32(27)36-34(28)33/h1-38H;1-31H;1-21H. The Bertz CT molecular complexity index is 10300. The smallest absolute Gasteiger partial charge is 0.145 e. The van der Waals surface area contributed by atoms with E-state index >= 15 is 0 Å². The zero-order chi connectivity index (χ0) is 96.2. The lowest BCUT2D eigenvalue weighted by Crippen LogP contribution is -1.96. The lowest BCUT2D eigenvalue weighted by Gasteiger charge is -2.15. The van der Waals surface area contributed by atoms with Crippen molar-refractivity contribution in [2.24, 2.45) is 0 Å². The highest BCUT2D eigenvalue weighted by atomic mass is 16.3. The zero-order valence-electron chi connectivity index (χ0n) is 79.6. The van der Waals surface area contributed by atoms with Crippen LogP contribution in [0.15, 0.2) is 555 Å². The second kappa shape index (κ2) is 35.4. The fourth-order valence-corrected chi connectivity index (χ4v) is 22.8. The molecule has 6 heterocycles. The van der Waals surface area contributed by atoms with E-state index in [1.54, 1.807) is 0 Å². The molecule has 0 aliphatic heterocycles. The maximum absolute atomic E-state index is 6.90. The van der Waals surface area contributed by atoms with Crippen LogP contribution in [0.3, 0.4) is 0 Å². The molecule has 146 heavy (non-hydrogen) atoms. The van der Waals surface area contributed by atoms with Crippen LogP contribution in [0.1, 0.15) is 0 Å². The normalized spacial score (nSPS) is 11.7. The monoisotopic (exact) mass is 1860 g/mol. The van der Waals surface area contributed by atoms with Gasteiger partial charge in [-0.2, -0.15) is 0 Å². The Labute approximate surface area is 842 Å². The number of furan rings is 2. The van der Waals surface area contributed by atoms with Crippen LogP contribution in [-0.4, -0.2) is 18.3 Å². The van der Waals surface area contributed by atoms with Gasteiger partial charge >= 0.3 is 0 Å². The van der Waals surface area contributed by atoms with Gasteiger partial charge in [-0.3, -0.25) is 0 Å². The van der Waals surface area contributed by atoms with Gasteiger partial charge in [0, 0.05) is 93.6 Å². The first-order valence-electron chi connectivity index (χ1n) is 50.0. The molecule has 682 valence electrons. The lowest BCUT2D eigenvalue weighted by atomic mass is 9.93. The molecule has 6 heteroatoms. The number of rotatable bonds is 13. The predicted molar refractivity (Wildman–Crippen MR) is 615 cm³/mol. The summed E-state index contributed by atoms with van der Waals surface area (Å²) in [4.78, 5) is 0. The predicted octanol–water partition coefficient (Wildman–Crippen LogP) is 38.6. The van der Waals surface area contributed by atoms with Gasteiger partial charge in [0.25, 0.3) is 0 Å². The van der Waals surface area contributed by atoms with Crippen molar-refractivity contribution in [3.63, 3.8) is 0 Å². The Morgan fingerprint density at radius 2 is 0.479 bits per heavy atom. The van der Waals surface area contributed by atoms with Crippen molar-refractivity contribution < 1.29 is 8.83 Å². The largest absolute Gasteiger partial charge is 0.455 e. The first-order valence-corrected chi connectivity index (χ1v) is 50.0. The van der Waals surface area contributed by atoms with Crippen molar-refractivity contribution in [1.82, 2.24) is 18.3 Å². The van der Waals surface area contributed by atoms with Crippen LogP contribution in [0, 0.1) is 0 Å². The summed E-state index contributed by atoms with van der Waals surface area (Å²) in [6, 6.07) is 197. The molecular formula is C140H90N4O2. The second-order valence-corrected chi connectivity index (χ2v) is 38.1. The topological polar surface area (TPSA) is 46.0 Å². The number of aromatic nitrogens is 4. The van der Waals surface area contributed by atoms with E-state index in [1.807, 2.05) is 12.1 Å². The minimum atomic E-state index is 0.876. The summed E-state index contributed by atoms with van der Waals surface area (Å²) in [6.45, 7) is 0. The van der Waals surface area contributed by atoms with E-state index in [2.05, 4.69) is 552 Å². The third-order valence-electron chi connectivity index (χ3n) is 29.6. The summed E-state index contributed by atoms with van der Waals surface area (Å²) in [5.41, 5.74) is 39.0. The van der Waals surface area contributed by atoms with Gasteiger partial charge in [-0.05, 0) is 274 Å². The highest BCUT2D eigenvalue weighted by Crippen LogP contribution is 2.49. The van der Waals surface area contributed by atoms with Gasteiger partial charge < -0.3 is 27.1 Å². The number of nitrogens with zero attached hydrogens (tertiary/aromatic N) is 4. The summed E-state index contributed by atoms with van der Waals surface area (Å²) >= 11 is 0. The summed E-state index contributed by atoms with van der Waals surface area (Å²) < 4.78 is 22.9. The van der Waals surface area contributed by atoms with E-state index in [1.165, 1.54) is 187 Å². The molecule has 30 aromatic rings. The van der Waals surface area contributed by atoms with Crippen molar-refractivity contribution >= 4 is 153 Å². The van der Waals surface area contributed by atoms with Crippen LogP contribution < -0.4 is 0 Å². The van der Waals surface area contributed by atoms with Crippen LogP contribution in [0.25, 0.3) is 276 Å². The highest BCUT2D eigenvalue weighted by Gasteiger charge is 2.26. The quantitative estimate of drug-likeness (QED) is 0.115. The first-order chi connectivity index (χ1) is 72.4. The Morgan fingerprint density at radius 3 is 1.07 bits per heavy atom. The molecule has 0 amide bonds. The minimum Gasteiger partial charge on any atom is -0.455 e. The number of benzene rings is 24. The molecular weight excluding hydrogens is 1770 g/mol. The van der Waals surface area contributed by atoms with Crippen molar-refractivity contribution in [3.8, 4) is 123 Å². The SMILES string of the molecule is c1cc(-c2ccc3ccccc3c2)cc(-n2c3ccccc3c3c4oc5ccccc5c4ccc32)c1.c1ccc(-c2cc(-c3cccc(-c4cccc5ccccc45)c3)cc(-n3c4ccccc4c4cc(-c5ccc6c(c5)c5ccccc5n6-c5ccccc5)ccc43)c2)cc1.c1ccc(-c2cc(-c3ccccc3)cc(-n3c4ccccc4c4cc5c(cc43)oc3c(-c4ccccc4)cc(-c4ccccc4)cc35)c2)cc1. The highest BCUT2D eigenvalue weighted by molar-refractivity contribution is 6.25. The maximum Gasteiger partial charge on any atom is 0.145 e. The number of para-hydroxylation sites is 6. The summed E-state index contributed by atoms with van der Waals surface area (Å²) in [5, 5.41) is 19.3. The van der Waals surface area contributed by atoms with Crippen LogP contribution in [0.4, 0.5) is 0 Å². The zero-order valence-corrected chi connectivity index (χ0v) is 79.6. The Morgan fingerprint density at radius 1 is 0.123 bits per heavy atom. The lowest BCUT2D eigenvalue weighted by molar-refractivity contribution is 0.670. The van der Waals surface area contributed by atoms with E-state index in [0.29, 0.717) is 0 Å². The molecule has 0 fully saturated rings. The third kappa shape index (κ3) is 14.7. The molecule has 0 saturated heterocycles. The summed E-state index contributed by atoms with van der Waals surface area (Å²) in [6.07, 6.45) is 0. The Balaban J connectivity index is 0.000000109. The van der Waals surface area contributed by atoms with E-state index in [-0.39, 0.29) is 0 Å². The molecule has 0 bridgehead atoms. The van der Waals surface area contributed by atoms with Gasteiger partial charge in [0.05, 0.1) is 49.5 Å². The molecule has 0 saturated carbocycles. The average molecular weight is 1860 g/mol. The van der Waals surface area contributed by atoms with Crippen LogP contribution >= 0.6 is 0 Å². The molecule has 0 aliphatic carbocycles. The maximum atomic E-state index is 6.90. The fraction of sp³-hybridized carbons (Fsp3) is 0. The first kappa shape index (κ1) is 84.7. The van der Waals surface area contributed by atoms with E-state index in [9.17, 15) is 0 Å². The van der Waals surface area contributed by atoms with Crippen LogP contribution in [0.2, 0.25) is 0 Å². The Hall–Kier alpha value is -19.4. The van der Waals surface area contributed by atoms with Gasteiger partial charge in [0.15, 0.2) is 0 Å². The molecule has 0 N–H and O–H groups in total. The number of hydrogen-bond acceptors (Lipinski definition) is 2. The van der Waals surface area contributed by atoms with Gasteiger partial charge in [0.2, 0.25) is 0 Å². The van der Waals surface area contributed by atoms with Crippen LogP contribution in [-0.2, 0) is 0 Å². The molecule has 30 rings (SSSR count). The molecule has 0 aliphatic rings. The van der Waals surface area contributed by atoms with Crippen molar-refractivity contribution in [1.29, 1.82) is 0 Å². The molecule has 0 atom stereocenters. The van der Waals surface area contributed by atoms with Crippen LogP contribution in [0.5, 0.6) is 0 Å². The molecule has 0 spiro atoms. The molecule has 6 aromatic heterocycles. The average Bonchev–Trinajstić information content (AvgIpc) is 1.57. The third-order valence-corrected chi connectivity index (χ3v) is 29.6. The van der Waals surface area contributed by atoms with Crippen molar-refractivity contribution in [2.45, 2.75) is 0 Å². The second-order valence-electron chi connectivity index (χ2n) is 38.1. The van der Waals surface area contributed by atoms with E-state index in [0.717, 1.165) is 88.5 Å². The minimum absolute atomic E-state index is 0.876. The Kier molecular flexibility index (Phi) is 20.5.